The number of urea groups is 1. The number of halogens is 1. The number of benzene rings is 1. The van der Waals surface area contributed by atoms with Crippen LogP contribution in [-0.2, 0) is 4.79 Å². The highest BCUT2D eigenvalue weighted by molar-refractivity contribution is 9.10. The van der Waals surface area contributed by atoms with E-state index < -0.39 is 17.7 Å². The zero-order valence-corrected chi connectivity index (χ0v) is 16.2. The van der Waals surface area contributed by atoms with Crippen LogP contribution in [0.4, 0.5) is 4.79 Å². The molecule has 7 heteroatoms. The highest BCUT2D eigenvalue weighted by atomic mass is 79.9. The number of nitrogens with one attached hydrogen (secondary N) is 1. The Morgan fingerprint density at radius 2 is 1.80 bits per heavy atom. The van der Waals surface area contributed by atoms with Crippen LogP contribution in [0.5, 0.6) is 5.75 Å². The normalized spacial score (nSPS) is 17.5. The minimum absolute atomic E-state index is 0.00719. The van der Waals surface area contributed by atoms with Crippen molar-refractivity contribution in [2.75, 3.05) is 13.2 Å². The van der Waals surface area contributed by atoms with Crippen molar-refractivity contribution in [3.63, 3.8) is 0 Å². The van der Waals surface area contributed by atoms with Crippen LogP contribution in [0, 0.1) is 0 Å². The van der Waals surface area contributed by atoms with E-state index >= 15 is 0 Å². The van der Waals surface area contributed by atoms with E-state index in [4.69, 9.17) is 4.74 Å². The van der Waals surface area contributed by atoms with E-state index in [1.54, 1.807) is 12.1 Å². The van der Waals surface area contributed by atoms with Crippen LogP contribution in [0.1, 0.15) is 39.5 Å². The second-order valence-electron chi connectivity index (χ2n) is 6.35. The number of aliphatic hydroxyl groups excluding tert-OH is 1. The number of hydrogen-bond acceptors (Lipinski definition) is 4. The van der Waals surface area contributed by atoms with Crippen molar-refractivity contribution in [3.05, 3.63) is 28.7 Å². The van der Waals surface area contributed by atoms with E-state index in [0.29, 0.717) is 18.6 Å². The molecule has 1 fully saturated rings. The fourth-order valence-corrected chi connectivity index (χ4v) is 3.41. The quantitative estimate of drug-likeness (QED) is 0.610. The standard InChI is InChI=1S/C18H25BrN2O4/c1-3-9-18(10-4-2)16(23)21(17(24)20-18)11-14(22)12-25-15-7-5-13(19)6-8-15/h5-8,14,22H,3-4,9-12H2,1-2H3,(H,20,24). The first-order chi connectivity index (χ1) is 11.9. The molecule has 0 bridgehead atoms. The van der Waals surface area contributed by atoms with E-state index in [0.717, 1.165) is 22.2 Å². The molecule has 1 aromatic carbocycles. The summed E-state index contributed by atoms with van der Waals surface area (Å²) in [6.45, 7) is 3.91. The van der Waals surface area contributed by atoms with Gasteiger partial charge in [0.2, 0.25) is 0 Å². The van der Waals surface area contributed by atoms with Gasteiger partial charge >= 0.3 is 6.03 Å². The van der Waals surface area contributed by atoms with E-state index in [1.807, 2.05) is 26.0 Å². The molecule has 2 N–H and O–H groups in total. The van der Waals surface area contributed by atoms with Gasteiger partial charge in [-0.3, -0.25) is 9.69 Å². The smallest absolute Gasteiger partial charge is 0.325 e. The number of carbonyl (C=O) groups excluding carboxylic acids is 2. The van der Waals surface area contributed by atoms with Crippen LogP contribution in [0.25, 0.3) is 0 Å². The number of ether oxygens (including phenoxy) is 1. The summed E-state index contributed by atoms with van der Waals surface area (Å²) in [4.78, 5) is 26.1. The van der Waals surface area contributed by atoms with Crippen LogP contribution in [0.15, 0.2) is 28.7 Å². The summed E-state index contributed by atoms with van der Waals surface area (Å²) in [7, 11) is 0. The first kappa shape index (κ1) is 19.7. The third-order valence-electron chi connectivity index (χ3n) is 4.25. The summed E-state index contributed by atoms with van der Waals surface area (Å²) in [5.41, 5.74) is -0.827. The Bertz CT molecular complexity index is 600. The molecule has 1 aliphatic heterocycles. The van der Waals surface area contributed by atoms with Gasteiger partial charge in [-0.05, 0) is 37.1 Å². The average molecular weight is 413 g/mol. The number of rotatable bonds is 9. The fourth-order valence-electron chi connectivity index (χ4n) is 3.15. The van der Waals surface area contributed by atoms with Crippen molar-refractivity contribution >= 4 is 27.9 Å². The van der Waals surface area contributed by atoms with Gasteiger partial charge in [-0.25, -0.2) is 4.79 Å². The number of hydrogen-bond donors (Lipinski definition) is 2. The van der Waals surface area contributed by atoms with Gasteiger partial charge in [-0.1, -0.05) is 42.6 Å². The number of imide groups is 1. The zero-order chi connectivity index (χ0) is 18.4. The lowest BCUT2D eigenvalue weighted by molar-refractivity contribution is -0.133. The van der Waals surface area contributed by atoms with Crippen LogP contribution in [-0.4, -0.2) is 46.7 Å². The molecule has 1 aliphatic rings. The highest BCUT2D eigenvalue weighted by Gasteiger charge is 2.50. The maximum atomic E-state index is 12.8. The maximum absolute atomic E-state index is 12.8. The second-order valence-corrected chi connectivity index (χ2v) is 7.26. The van der Waals surface area contributed by atoms with E-state index in [-0.39, 0.29) is 19.1 Å². The number of β-amino-alcohol motifs (C(OH)–C–C–N with tert-alkyl or cyclic N) is 1. The lowest BCUT2D eigenvalue weighted by Gasteiger charge is -2.26. The van der Waals surface area contributed by atoms with Gasteiger partial charge in [0.1, 0.15) is 24.0 Å². The molecule has 0 aromatic heterocycles. The van der Waals surface area contributed by atoms with Crippen LogP contribution in [0.3, 0.4) is 0 Å². The lowest BCUT2D eigenvalue weighted by atomic mass is 9.88. The molecule has 1 heterocycles. The number of aliphatic hydroxyl groups is 1. The molecular formula is C18H25BrN2O4. The zero-order valence-electron chi connectivity index (χ0n) is 14.6. The lowest BCUT2D eigenvalue weighted by Crippen LogP contribution is -2.47. The Labute approximate surface area is 156 Å². The van der Waals surface area contributed by atoms with E-state index in [9.17, 15) is 14.7 Å². The van der Waals surface area contributed by atoms with Gasteiger partial charge in [0.25, 0.3) is 5.91 Å². The molecule has 0 saturated carbocycles. The summed E-state index contributed by atoms with van der Waals surface area (Å²) in [5, 5.41) is 13.0. The maximum Gasteiger partial charge on any atom is 0.325 e. The largest absolute Gasteiger partial charge is 0.491 e. The monoisotopic (exact) mass is 412 g/mol. The second kappa shape index (κ2) is 8.67. The van der Waals surface area contributed by atoms with Crippen molar-refractivity contribution < 1.29 is 19.4 Å². The third-order valence-corrected chi connectivity index (χ3v) is 4.78. The van der Waals surface area contributed by atoms with Gasteiger partial charge in [-0.2, -0.15) is 0 Å². The third kappa shape index (κ3) is 4.73. The molecule has 1 aromatic rings. The van der Waals surface area contributed by atoms with Crippen molar-refractivity contribution in [2.24, 2.45) is 0 Å². The average Bonchev–Trinajstić information content (AvgIpc) is 2.79. The Morgan fingerprint density at radius 3 is 2.36 bits per heavy atom. The van der Waals surface area contributed by atoms with Crippen molar-refractivity contribution in [1.82, 2.24) is 10.2 Å². The van der Waals surface area contributed by atoms with E-state index in [2.05, 4.69) is 21.2 Å². The molecule has 2 rings (SSSR count). The molecule has 6 nitrogen and oxygen atoms in total. The molecule has 25 heavy (non-hydrogen) atoms. The first-order valence-electron chi connectivity index (χ1n) is 8.62. The molecule has 1 saturated heterocycles. The minimum atomic E-state index is -0.947. The molecule has 0 spiro atoms. The molecule has 138 valence electrons. The van der Waals surface area contributed by atoms with Crippen molar-refractivity contribution in [2.45, 2.75) is 51.2 Å². The number of carbonyl (C=O) groups is 2. The van der Waals surface area contributed by atoms with Gasteiger partial charge in [0.05, 0.1) is 6.54 Å². The minimum Gasteiger partial charge on any atom is -0.491 e. The Balaban J connectivity index is 1.95. The van der Waals surface area contributed by atoms with Crippen LogP contribution < -0.4 is 10.1 Å². The Morgan fingerprint density at radius 1 is 1.20 bits per heavy atom. The van der Waals surface area contributed by atoms with Gasteiger partial charge in [0.15, 0.2) is 0 Å². The Kier molecular flexibility index (Phi) is 6.84. The van der Waals surface area contributed by atoms with Gasteiger partial charge in [0, 0.05) is 4.47 Å². The predicted octanol–water partition coefficient (Wildman–Crippen LogP) is 3.08. The van der Waals surface area contributed by atoms with Crippen LogP contribution in [0.2, 0.25) is 0 Å². The molecule has 1 unspecified atom stereocenters. The highest BCUT2D eigenvalue weighted by Crippen LogP contribution is 2.28. The first-order valence-corrected chi connectivity index (χ1v) is 9.41. The van der Waals surface area contributed by atoms with Crippen molar-refractivity contribution in [3.8, 4) is 5.75 Å². The topological polar surface area (TPSA) is 78.9 Å². The van der Waals surface area contributed by atoms with Gasteiger partial charge < -0.3 is 15.2 Å². The Hall–Kier alpha value is -1.60. The molecule has 1 atom stereocenters. The number of amides is 3. The molecule has 0 radical (unpaired) electrons. The fraction of sp³-hybridized carbons (Fsp3) is 0.556. The van der Waals surface area contributed by atoms with Crippen molar-refractivity contribution in [1.29, 1.82) is 0 Å². The summed E-state index contributed by atoms with van der Waals surface area (Å²) in [5.74, 6) is 0.370. The summed E-state index contributed by atoms with van der Waals surface area (Å²) in [6.07, 6.45) is 1.86. The summed E-state index contributed by atoms with van der Waals surface area (Å²) in [6, 6.07) is 6.79. The molecule has 0 aliphatic carbocycles. The summed E-state index contributed by atoms with van der Waals surface area (Å²) >= 11 is 3.34. The van der Waals surface area contributed by atoms with E-state index in [1.165, 1.54) is 0 Å². The SMILES string of the molecule is CCCC1(CCC)NC(=O)N(CC(O)COc2ccc(Br)cc2)C1=O. The number of nitrogens with zero attached hydrogens (tertiary/aromatic N) is 1. The summed E-state index contributed by atoms with van der Waals surface area (Å²) < 4.78 is 6.44. The van der Waals surface area contributed by atoms with Gasteiger partial charge in [-0.15, -0.1) is 0 Å². The predicted molar refractivity (Wildman–Crippen MR) is 98.4 cm³/mol. The molecular weight excluding hydrogens is 388 g/mol. The van der Waals surface area contributed by atoms with Crippen LogP contribution >= 0.6 is 15.9 Å². The molecule has 3 amide bonds.